The van der Waals surface area contributed by atoms with Crippen LogP contribution in [0.3, 0.4) is 0 Å². The maximum atomic E-state index is 11.8. The second-order valence-electron chi connectivity index (χ2n) is 2.70. The number of hydrogen-bond donors (Lipinski definition) is 1. The molecule has 0 fully saturated rings. The van der Waals surface area contributed by atoms with Crippen molar-refractivity contribution >= 4 is 0 Å². The molecule has 80 valence electrons. The summed E-state index contributed by atoms with van der Waals surface area (Å²) in [4.78, 5) is 0. The smallest absolute Gasteiger partial charge is 0.422 e. The minimum absolute atomic E-state index is 0.116. The van der Waals surface area contributed by atoms with Gasteiger partial charge in [-0.05, 0) is 12.1 Å². The van der Waals surface area contributed by atoms with Crippen molar-refractivity contribution in [3.8, 4) is 17.6 Å². The van der Waals surface area contributed by atoms with Crippen LogP contribution in [-0.2, 0) is 0 Å². The van der Waals surface area contributed by atoms with Gasteiger partial charge in [-0.2, -0.15) is 18.4 Å². The number of phenols is 1. The molecule has 0 saturated heterocycles. The van der Waals surface area contributed by atoms with Gasteiger partial charge in [0, 0.05) is 6.07 Å². The molecule has 0 atom stereocenters. The van der Waals surface area contributed by atoms with Crippen molar-refractivity contribution in [3.63, 3.8) is 0 Å². The van der Waals surface area contributed by atoms with Gasteiger partial charge in [0.25, 0.3) is 0 Å². The Labute approximate surface area is 83.3 Å². The van der Waals surface area contributed by atoms with E-state index in [4.69, 9.17) is 10.4 Å². The second-order valence-corrected chi connectivity index (χ2v) is 2.70. The van der Waals surface area contributed by atoms with Crippen LogP contribution in [0.2, 0.25) is 0 Å². The Morgan fingerprint density at radius 3 is 2.60 bits per heavy atom. The van der Waals surface area contributed by atoms with Crippen LogP contribution in [0.1, 0.15) is 5.56 Å². The van der Waals surface area contributed by atoms with Gasteiger partial charge >= 0.3 is 6.18 Å². The highest BCUT2D eigenvalue weighted by molar-refractivity contribution is 5.45. The lowest BCUT2D eigenvalue weighted by Gasteiger charge is -2.10. The van der Waals surface area contributed by atoms with Crippen molar-refractivity contribution in [1.29, 1.82) is 5.26 Å². The van der Waals surface area contributed by atoms with Gasteiger partial charge in [0.2, 0.25) is 0 Å². The number of ether oxygens (including phenoxy) is 1. The molecule has 0 aliphatic carbocycles. The Morgan fingerprint density at radius 1 is 1.40 bits per heavy atom. The average molecular weight is 217 g/mol. The number of rotatable bonds is 2. The minimum atomic E-state index is -4.48. The Bertz CT molecular complexity index is 395. The fourth-order valence-electron chi connectivity index (χ4n) is 0.859. The Balaban J connectivity index is 2.81. The molecule has 0 unspecified atom stereocenters. The zero-order valence-electron chi connectivity index (χ0n) is 7.38. The standard InChI is InChI=1S/C9H6F3NO2/c10-9(11,12)5-15-8-3-6(4-13)1-2-7(8)14/h1-3,14H,5H2. The van der Waals surface area contributed by atoms with E-state index in [1.165, 1.54) is 6.07 Å². The molecule has 3 nitrogen and oxygen atoms in total. The van der Waals surface area contributed by atoms with Crippen molar-refractivity contribution in [3.05, 3.63) is 23.8 Å². The van der Waals surface area contributed by atoms with Crippen LogP contribution in [0.15, 0.2) is 18.2 Å². The Kier molecular flexibility index (Phi) is 3.04. The van der Waals surface area contributed by atoms with Gasteiger partial charge in [0.15, 0.2) is 18.1 Å². The van der Waals surface area contributed by atoms with E-state index in [2.05, 4.69) is 4.74 Å². The molecule has 1 N–H and O–H groups in total. The van der Waals surface area contributed by atoms with Crippen molar-refractivity contribution in [2.45, 2.75) is 6.18 Å². The molecule has 15 heavy (non-hydrogen) atoms. The highest BCUT2D eigenvalue weighted by Crippen LogP contribution is 2.28. The van der Waals surface area contributed by atoms with Crippen LogP contribution in [-0.4, -0.2) is 17.9 Å². The molecule has 0 aromatic heterocycles. The first-order valence-electron chi connectivity index (χ1n) is 3.85. The number of nitrogens with zero attached hydrogens (tertiary/aromatic N) is 1. The summed E-state index contributed by atoms with van der Waals surface area (Å²) in [6.45, 7) is -1.50. The van der Waals surface area contributed by atoms with E-state index < -0.39 is 18.5 Å². The van der Waals surface area contributed by atoms with Gasteiger partial charge < -0.3 is 9.84 Å². The number of alkyl halides is 3. The van der Waals surface area contributed by atoms with Crippen molar-refractivity contribution < 1.29 is 23.0 Å². The first-order valence-corrected chi connectivity index (χ1v) is 3.85. The monoisotopic (exact) mass is 217 g/mol. The fraction of sp³-hybridized carbons (Fsp3) is 0.222. The van der Waals surface area contributed by atoms with E-state index in [0.717, 1.165) is 12.1 Å². The number of hydrogen-bond acceptors (Lipinski definition) is 3. The van der Waals surface area contributed by atoms with Gasteiger partial charge in [0.1, 0.15) is 0 Å². The van der Waals surface area contributed by atoms with Crippen LogP contribution in [0.5, 0.6) is 11.5 Å². The van der Waals surface area contributed by atoms with Crippen molar-refractivity contribution in [2.75, 3.05) is 6.61 Å². The molecule has 1 aromatic carbocycles. The molecule has 0 radical (unpaired) electrons. The van der Waals surface area contributed by atoms with E-state index in [1.54, 1.807) is 6.07 Å². The zero-order chi connectivity index (χ0) is 11.5. The first kappa shape index (κ1) is 11.2. The summed E-state index contributed by atoms with van der Waals surface area (Å²) < 4.78 is 39.7. The summed E-state index contributed by atoms with van der Waals surface area (Å²) >= 11 is 0. The number of aromatic hydroxyl groups is 1. The van der Waals surface area contributed by atoms with Gasteiger partial charge in [-0.15, -0.1) is 0 Å². The molecule has 1 rings (SSSR count). The second kappa shape index (κ2) is 4.09. The number of halogens is 3. The van der Waals surface area contributed by atoms with E-state index in [0.29, 0.717) is 0 Å². The third-order valence-corrected chi connectivity index (χ3v) is 1.48. The predicted octanol–water partition coefficient (Wildman–Crippen LogP) is 2.20. The zero-order valence-corrected chi connectivity index (χ0v) is 7.38. The largest absolute Gasteiger partial charge is 0.504 e. The lowest BCUT2D eigenvalue weighted by Crippen LogP contribution is -2.19. The molecule has 6 heteroatoms. The summed E-state index contributed by atoms with van der Waals surface area (Å²) in [5.74, 6) is -0.787. The molecule has 0 spiro atoms. The number of benzene rings is 1. The SMILES string of the molecule is N#Cc1ccc(O)c(OCC(F)(F)F)c1. The maximum absolute atomic E-state index is 11.8. The lowest BCUT2D eigenvalue weighted by molar-refractivity contribution is -0.153. The Hall–Kier alpha value is -1.90. The fourth-order valence-corrected chi connectivity index (χ4v) is 0.859. The summed E-state index contributed by atoms with van der Waals surface area (Å²) in [7, 11) is 0. The molecular formula is C9H6F3NO2. The predicted molar refractivity (Wildman–Crippen MR) is 44.4 cm³/mol. The lowest BCUT2D eigenvalue weighted by atomic mass is 10.2. The quantitative estimate of drug-likeness (QED) is 0.826. The molecule has 0 bridgehead atoms. The van der Waals surface area contributed by atoms with Gasteiger partial charge in [-0.1, -0.05) is 0 Å². The molecule has 0 aliphatic heterocycles. The van der Waals surface area contributed by atoms with E-state index in [-0.39, 0.29) is 11.3 Å². The van der Waals surface area contributed by atoms with Gasteiger partial charge in [-0.25, -0.2) is 0 Å². The molecule has 0 saturated carbocycles. The molecule has 0 amide bonds. The van der Waals surface area contributed by atoms with E-state index >= 15 is 0 Å². The summed E-state index contributed by atoms with van der Waals surface area (Å²) in [6, 6.07) is 5.14. The third kappa shape index (κ3) is 3.38. The van der Waals surface area contributed by atoms with Crippen molar-refractivity contribution in [1.82, 2.24) is 0 Å². The Morgan fingerprint density at radius 2 is 2.07 bits per heavy atom. The topological polar surface area (TPSA) is 53.2 Å². The molecule has 0 heterocycles. The van der Waals surface area contributed by atoms with Crippen LogP contribution < -0.4 is 4.74 Å². The number of nitriles is 1. The van der Waals surface area contributed by atoms with Crippen LogP contribution in [0.4, 0.5) is 13.2 Å². The summed E-state index contributed by atoms with van der Waals surface area (Å²) in [6.07, 6.45) is -4.48. The first-order chi connectivity index (χ1) is 6.92. The highest BCUT2D eigenvalue weighted by Gasteiger charge is 2.28. The van der Waals surface area contributed by atoms with Crippen LogP contribution >= 0.6 is 0 Å². The van der Waals surface area contributed by atoms with Gasteiger partial charge in [0.05, 0.1) is 11.6 Å². The maximum Gasteiger partial charge on any atom is 0.422 e. The van der Waals surface area contributed by atoms with E-state index in [1.807, 2.05) is 0 Å². The molecule has 0 aliphatic rings. The van der Waals surface area contributed by atoms with E-state index in [9.17, 15) is 13.2 Å². The third-order valence-electron chi connectivity index (χ3n) is 1.48. The van der Waals surface area contributed by atoms with Crippen LogP contribution in [0, 0.1) is 11.3 Å². The molecular weight excluding hydrogens is 211 g/mol. The number of phenolic OH excluding ortho intramolecular Hbond substituents is 1. The normalized spacial score (nSPS) is 10.8. The summed E-state index contributed by atoms with van der Waals surface area (Å²) in [5.41, 5.74) is 0.116. The average Bonchev–Trinajstić information content (AvgIpc) is 2.15. The van der Waals surface area contributed by atoms with Gasteiger partial charge in [-0.3, -0.25) is 0 Å². The van der Waals surface area contributed by atoms with Crippen LogP contribution in [0.25, 0.3) is 0 Å². The highest BCUT2D eigenvalue weighted by atomic mass is 19.4. The molecule has 1 aromatic rings. The van der Waals surface area contributed by atoms with Crippen molar-refractivity contribution in [2.24, 2.45) is 0 Å². The summed E-state index contributed by atoms with van der Waals surface area (Å²) in [5, 5.41) is 17.6. The minimum Gasteiger partial charge on any atom is -0.504 e.